The molecule has 258 valence electrons. The van der Waals surface area contributed by atoms with E-state index in [2.05, 4.69) is 22.5 Å². The van der Waals surface area contributed by atoms with Gasteiger partial charge in [-0.1, -0.05) is 36.8 Å². The van der Waals surface area contributed by atoms with Crippen molar-refractivity contribution in [3.05, 3.63) is 66.4 Å². The van der Waals surface area contributed by atoms with Crippen molar-refractivity contribution in [3.8, 4) is 29.6 Å². The molecule has 5 atom stereocenters. The minimum Gasteiger partial charge on any atom is -0.463 e. The van der Waals surface area contributed by atoms with Crippen molar-refractivity contribution < 1.29 is 27.5 Å². The molecule has 4 heterocycles. The molecule has 9 nitrogen and oxygen atoms in total. The number of hydrogen-bond donors (Lipinski definition) is 0. The van der Waals surface area contributed by atoms with E-state index in [0.29, 0.717) is 60.0 Å². The number of amides is 2. The second-order valence-corrected chi connectivity index (χ2v) is 13.7. The highest BCUT2D eigenvalue weighted by Gasteiger charge is 2.54. The average Bonchev–Trinajstić information content (AvgIpc) is 3.76. The SMILES string of the molecule is C#Cc1c(F)ccc2cccc(-c3ncc4c(N(C)[C@@H]5CCN(C(=O)C=C)[C@@H]5C)nc(OC[C@@]56C[C@@H](F)CC5CN(C(C)=O)C6)nc4c3F)c12. The third-order valence-corrected chi connectivity index (χ3v) is 11.0. The number of aromatic nitrogens is 3. The molecule has 0 radical (unpaired) electrons. The van der Waals surface area contributed by atoms with Crippen LogP contribution in [0.1, 0.15) is 38.7 Å². The van der Waals surface area contributed by atoms with E-state index in [1.807, 2.05) is 18.9 Å². The predicted octanol–water partition coefficient (Wildman–Crippen LogP) is 5.69. The van der Waals surface area contributed by atoms with Crippen molar-refractivity contribution >= 4 is 39.3 Å². The van der Waals surface area contributed by atoms with Gasteiger partial charge in [0.05, 0.1) is 23.6 Å². The molecule has 4 aromatic rings. The van der Waals surface area contributed by atoms with Crippen molar-refractivity contribution in [3.63, 3.8) is 0 Å². The number of ether oxygens (including phenoxy) is 1. The number of likely N-dealkylation sites (tertiary alicyclic amines) is 2. The maximum absolute atomic E-state index is 16.9. The number of carbonyl (C=O) groups excluding carboxylic acids is 2. The third kappa shape index (κ3) is 5.39. The summed E-state index contributed by atoms with van der Waals surface area (Å²) in [5.41, 5.74) is -0.508. The normalized spacial score (nSPS) is 24.4. The molecular formula is C38H37F3N6O3. The fourth-order valence-corrected chi connectivity index (χ4v) is 8.35. The van der Waals surface area contributed by atoms with Crippen LogP contribution in [-0.4, -0.2) is 88.1 Å². The predicted molar refractivity (Wildman–Crippen MR) is 184 cm³/mol. The smallest absolute Gasteiger partial charge is 0.319 e. The maximum atomic E-state index is 16.9. The fraction of sp³-hybridized carbons (Fsp3) is 0.395. The molecule has 0 spiro atoms. The van der Waals surface area contributed by atoms with E-state index in [-0.39, 0.29) is 65.6 Å². The molecule has 12 heteroatoms. The zero-order valence-electron chi connectivity index (χ0n) is 28.1. The lowest BCUT2D eigenvalue weighted by molar-refractivity contribution is -0.128. The Morgan fingerprint density at radius 1 is 1.24 bits per heavy atom. The van der Waals surface area contributed by atoms with E-state index in [4.69, 9.17) is 16.1 Å². The average molecular weight is 683 g/mol. The Balaban J connectivity index is 1.35. The summed E-state index contributed by atoms with van der Waals surface area (Å²) in [5.74, 6) is 0.976. The summed E-state index contributed by atoms with van der Waals surface area (Å²) in [4.78, 5) is 44.0. The van der Waals surface area contributed by atoms with Gasteiger partial charge in [0.1, 0.15) is 29.0 Å². The molecule has 0 N–H and O–H groups in total. The quantitative estimate of drug-likeness (QED) is 0.183. The van der Waals surface area contributed by atoms with Gasteiger partial charge in [0.2, 0.25) is 11.8 Å². The number of likely N-dealkylation sites (N-methyl/N-ethyl adjacent to an activating group) is 1. The Hall–Kier alpha value is -5.18. The number of anilines is 1. The van der Waals surface area contributed by atoms with Crippen LogP contribution in [-0.2, 0) is 9.59 Å². The van der Waals surface area contributed by atoms with Gasteiger partial charge in [0, 0.05) is 62.2 Å². The molecule has 3 aliphatic rings. The van der Waals surface area contributed by atoms with Crippen molar-refractivity contribution in [2.75, 3.05) is 38.2 Å². The second-order valence-electron chi connectivity index (χ2n) is 13.7. The lowest BCUT2D eigenvalue weighted by Crippen LogP contribution is -2.43. The summed E-state index contributed by atoms with van der Waals surface area (Å²) in [6, 6.07) is 7.42. The topological polar surface area (TPSA) is 91.8 Å². The molecule has 2 aliphatic heterocycles. The number of halogens is 3. The van der Waals surface area contributed by atoms with E-state index in [1.54, 1.807) is 34.1 Å². The number of benzene rings is 2. The Bertz CT molecular complexity index is 2100. The summed E-state index contributed by atoms with van der Waals surface area (Å²) in [5, 5.41) is 1.26. The van der Waals surface area contributed by atoms with Gasteiger partial charge in [0.25, 0.3) is 0 Å². The zero-order chi connectivity index (χ0) is 35.5. The highest BCUT2D eigenvalue weighted by molar-refractivity contribution is 6.02. The third-order valence-electron chi connectivity index (χ3n) is 11.0. The largest absolute Gasteiger partial charge is 0.463 e. The number of pyridine rings is 1. The van der Waals surface area contributed by atoms with E-state index < -0.39 is 23.2 Å². The van der Waals surface area contributed by atoms with Crippen molar-refractivity contribution in [2.45, 2.75) is 51.4 Å². The number of hydrogen-bond acceptors (Lipinski definition) is 7. The van der Waals surface area contributed by atoms with Crippen LogP contribution in [0.25, 0.3) is 32.9 Å². The molecule has 2 aromatic heterocycles. The van der Waals surface area contributed by atoms with Crippen LogP contribution in [0.2, 0.25) is 0 Å². The first-order chi connectivity index (χ1) is 24.0. The summed E-state index contributed by atoms with van der Waals surface area (Å²) in [6.07, 6.45) is 8.62. The van der Waals surface area contributed by atoms with E-state index in [9.17, 15) is 18.4 Å². The molecular weight excluding hydrogens is 645 g/mol. The maximum Gasteiger partial charge on any atom is 0.319 e. The zero-order valence-corrected chi connectivity index (χ0v) is 28.1. The molecule has 2 amide bonds. The van der Waals surface area contributed by atoms with E-state index in [1.165, 1.54) is 25.3 Å². The number of fused-ring (bicyclic) bond motifs is 3. The van der Waals surface area contributed by atoms with Crippen LogP contribution < -0.4 is 9.64 Å². The number of terminal acetylenes is 1. The molecule has 2 saturated heterocycles. The summed E-state index contributed by atoms with van der Waals surface area (Å²) in [6.45, 7) is 8.38. The minimum atomic E-state index is -1.02. The lowest BCUT2D eigenvalue weighted by atomic mass is 9.81. The van der Waals surface area contributed by atoms with E-state index in [0.717, 1.165) is 0 Å². The molecule has 2 aromatic carbocycles. The number of alkyl halides is 1. The first-order valence-corrected chi connectivity index (χ1v) is 16.7. The van der Waals surface area contributed by atoms with Crippen LogP contribution in [0, 0.1) is 35.3 Å². The van der Waals surface area contributed by atoms with Gasteiger partial charge in [-0.05, 0) is 49.6 Å². The molecule has 7 rings (SSSR count). The summed E-state index contributed by atoms with van der Waals surface area (Å²) >= 11 is 0. The Morgan fingerprint density at radius 2 is 2.04 bits per heavy atom. The van der Waals surface area contributed by atoms with Gasteiger partial charge in [-0.3, -0.25) is 14.6 Å². The Labute approximate surface area is 288 Å². The van der Waals surface area contributed by atoms with Gasteiger partial charge in [-0.25, -0.2) is 13.2 Å². The molecule has 3 fully saturated rings. The van der Waals surface area contributed by atoms with Gasteiger partial charge in [-0.2, -0.15) is 9.97 Å². The number of rotatable bonds is 7. The molecule has 1 aliphatic carbocycles. The van der Waals surface area contributed by atoms with E-state index >= 15 is 4.39 Å². The Morgan fingerprint density at radius 3 is 2.78 bits per heavy atom. The van der Waals surface area contributed by atoms with Crippen LogP contribution in [0.4, 0.5) is 19.0 Å². The first kappa shape index (κ1) is 33.3. The van der Waals surface area contributed by atoms with Gasteiger partial charge in [0.15, 0.2) is 5.82 Å². The number of carbonyl (C=O) groups is 2. The fourth-order valence-electron chi connectivity index (χ4n) is 8.35. The summed E-state index contributed by atoms with van der Waals surface area (Å²) in [7, 11) is 1.81. The number of nitrogens with zero attached hydrogens (tertiary/aromatic N) is 6. The van der Waals surface area contributed by atoms with Gasteiger partial charge >= 0.3 is 6.01 Å². The first-order valence-electron chi connectivity index (χ1n) is 16.7. The highest BCUT2D eigenvalue weighted by Crippen LogP contribution is 2.50. The molecule has 50 heavy (non-hydrogen) atoms. The van der Waals surface area contributed by atoms with Gasteiger partial charge < -0.3 is 19.4 Å². The lowest BCUT2D eigenvalue weighted by Gasteiger charge is -2.32. The van der Waals surface area contributed by atoms with Crippen molar-refractivity contribution in [1.82, 2.24) is 24.8 Å². The summed E-state index contributed by atoms with van der Waals surface area (Å²) < 4.78 is 52.8. The van der Waals surface area contributed by atoms with Gasteiger partial charge in [-0.15, -0.1) is 6.42 Å². The van der Waals surface area contributed by atoms with Crippen molar-refractivity contribution in [1.29, 1.82) is 0 Å². The van der Waals surface area contributed by atoms with Crippen LogP contribution in [0.5, 0.6) is 6.01 Å². The minimum absolute atomic E-state index is 0.00640. The molecule has 1 unspecified atom stereocenters. The van der Waals surface area contributed by atoms with Crippen molar-refractivity contribution in [2.24, 2.45) is 11.3 Å². The Kier molecular flexibility index (Phi) is 8.40. The van der Waals surface area contributed by atoms with Crippen LogP contribution in [0.15, 0.2) is 49.2 Å². The standard InChI is InChI=1S/C38H37F3N6O3/c1-6-26-29(40)12-11-23-9-8-10-27(32(23)26)34-33(41)35-28(17-42-34)36(45(5)30-13-14-47(21(30)3)31(49)7-2)44-37(43-35)50-20-38-16-25(39)15-24(38)18-46(19-38)22(4)48/h1,7-12,17,21,24-25,30H,2,13-16,18-20H2,3-5H3/t21-,24?,25+,30-,38+/m1/s1. The highest BCUT2D eigenvalue weighted by atomic mass is 19.1. The molecule has 1 saturated carbocycles. The van der Waals surface area contributed by atoms with Crippen LogP contribution >= 0.6 is 0 Å². The second kappa shape index (κ2) is 12.6. The van der Waals surface area contributed by atoms with Crippen LogP contribution in [0.3, 0.4) is 0 Å². The monoisotopic (exact) mass is 682 g/mol. The molecule has 0 bridgehead atoms.